The zero-order valence-corrected chi connectivity index (χ0v) is 20.1. The number of halogens is 1. The van der Waals surface area contributed by atoms with Crippen molar-refractivity contribution >= 4 is 40.8 Å². The van der Waals surface area contributed by atoms with E-state index in [2.05, 4.69) is 10.3 Å². The van der Waals surface area contributed by atoms with Crippen LogP contribution in [0.15, 0.2) is 65.7 Å². The number of aryl methyl sites for hydroxylation is 1. The van der Waals surface area contributed by atoms with Crippen LogP contribution in [0.25, 0.3) is 0 Å². The molecule has 1 aromatic heterocycles. The van der Waals surface area contributed by atoms with Gasteiger partial charge in [-0.2, -0.15) is 0 Å². The Labute approximate surface area is 203 Å². The van der Waals surface area contributed by atoms with Crippen LogP contribution in [0.3, 0.4) is 0 Å². The summed E-state index contributed by atoms with van der Waals surface area (Å²) in [4.78, 5) is 36.7. The summed E-state index contributed by atoms with van der Waals surface area (Å²) in [5.74, 6) is 0.119. The van der Waals surface area contributed by atoms with E-state index in [1.165, 1.54) is 4.90 Å². The number of ether oxygens (including phenoxy) is 1. The van der Waals surface area contributed by atoms with Gasteiger partial charge in [0.25, 0.3) is 12.1 Å². The van der Waals surface area contributed by atoms with E-state index in [0.717, 1.165) is 16.8 Å². The number of nitrogens with zero attached hydrogens (tertiary/aromatic N) is 3. The molecule has 2 heterocycles. The monoisotopic (exact) mass is 476 g/mol. The number of aliphatic imine (C=N–C) groups is 1. The van der Waals surface area contributed by atoms with Gasteiger partial charge in [-0.3, -0.25) is 15.0 Å². The number of carbonyl (C=O) groups excluding carboxylic acids is 2. The van der Waals surface area contributed by atoms with E-state index in [1.54, 1.807) is 43.4 Å². The van der Waals surface area contributed by atoms with Crippen molar-refractivity contribution in [2.45, 2.75) is 32.9 Å². The summed E-state index contributed by atoms with van der Waals surface area (Å²) >= 11 is 6.08. The number of nitrogens with one attached hydrogen (secondary N) is 1. The Morgan fingerprint density at radius 3 is 2.53 bits per heavy atom. The Morgan fingerprint density at radius 2 is 1.85 bits per heavy atom. The van der Waals surface area contributed by atoms with E-state index >= 15 is 0 Å². The second kappa shape index (κ2) is 9.65. The lowest BCUT2D eigenvalue weighted by atomic mass is 10.0. The summed E-state index contributed by atoms with van der Waals surface area (Å²) in [5.41, 5.74) is 4.25. The second-order valence-corrected chi connectivity index (χ2v) is 8.83. The van der Waals surface area contributed by atoms with Gasteiger partial charge in [0.15, 0.2) is 0 Å². The molecule has 0 aliphatic carbocycles. The fourth-order valence-corrected chi connectivity index (χ4v) is 3.75. The van der Waals surface area contributed by atoms with Crippen LogP contribution in [-0.2, 0) is 9.53 Å². The molecule has 1 atom stereocenters. The molecule has 174 valence electrons. The van der Waals surface area contributed by atoms with Crippen LogP contribution >= 0.6 is 11.6 Å². The molecule has 0 fully saturated rings. The Bertz CT molecular complexity index is 1270. The van der Waals surface area contributed by atoms with Crippen molar-refractivity contribution in [3.63, 3.8) is 0 Å². The number of anilines is 2. The first-order valence-electron chi connectivity index (χ1n) is 10.9. The molecule has 2 aromatic carbocycles. The number of fused-ring (bicyclic) bond motifs is 1. The number of carbonyl (C=O) groups is 2. The van der Waals surface area contributed by atoms with Gasteiger partial charge in [0, 0.05) is 34.6 Å². The molecule has 0 bridgehead atoms. The molecule has 0 saturated carbocycles. The molecule has 1 aliphatic heterocycles. The maximum Gasteiger partial charge on any atom is 0.414 e. The van der Waals surface area contributed by atoms with Crippen LogP contribution in [0.1, 0.15) is 42.1 Å². The molecule has 4 rings (SSSR count). The van der Waals surface area contributed by atoms with Gasteiger partial charge in [-0.25, -0.2) is 14.8 Å². The normalized spacial score (nSPS) is 15.5. The number of pyridine rings is 1. The molecular formula is C26H25ClN4O3. The van der Waals surface area contributed by atoms with Crippen LogP contribution < -0.4 is 10.2 Å². The first-order chi connectivity index (χ1) is 16.2. The van der Waals surface area contributed by atoms with Crippen molar-refractivity contribution in [1.29, 1.82) is 0 Å². The number of hydrogen-bond donors (Lipinski definition) is 1. The number of benzene rings is 2. The van der Waals surface area contributed by atoms with Gasteiger partial charge in [0.1, 0.15) is 5.82 Å². The molecule has 7 nitrogen and oxygen atoms in total. The molecule has 1 aliphatic rings. The Morgan fingerprint density at radius 1 is 1.12 bits per heavy atom. The van der Waals surface area contributed by atoms with Crippen molar-refractivity contribution in [1.82, 2.24) is 4.98 Å². The van der Waals surface area contributed by atoms with E-state index in [4.69, 9.17) is 21.3 Å². The zero-order chi connectivity index (χ0) is 24.4. The summed E-state index contributed by atoms with van der Waals surface area (Å²) in [6.07, 6.45) is -2.17. The van der Waals surface area contributed by atoms with Crippen LogP contribution in [0.4, 0.5) is 16.3 Å². The lowest BCUT2D eigenvalue weighted by Crippen LogP contribution is -2.38. The summed E-state index contributed by atoms with van der Waals surface area (Å²) < 4.78 is 5.50. The Kier molecular flexibility index (Phi) is 6.65. The van der Waals surface area contributed by atoms with E-state index in [1.807, 2.05) is 45.0 Å². The number of amides is 2. The van der Waals surface area contributed by atoms with Gasteiger partial charge in [-0.05, 0) is 54.8 Å². The second-order valence-electron chi connectivity index (χ2n) is 8.40. The van der Waals surface area contributed by atoms with Crippen molar-refractivity contribution in [3.8, 4) is 0 Å². The van der Waals surface area contributed by atoms with Crippen molar-refractivity contribution in [3.05, 3.63) is 88.1 Å². The van der Waals surface area contributed by atoms with Crippen molar-refractivity contribution in [2.24, 2.45) is 4.99 Å². The van der Waals surface area contributed by atoms with Crippen LogP contribution in [-0.4, -0.2) is 36.0 Å². The average Bonchev–Trinajstić information content (AvgIpc) is 2.90. The molecule has 34 heavy (non-hydrogen) atoms. The molecule has 2 amide bonds. The molecular weight excluding hydrogens is 452 g/mol. The molecule has 1 unspecified atom stereocenters. The lowest BCUT2D eigenvalue weighted by molar-refractivity contribution is -0.125. The highest BCUT2D eigenvalue weighted by molar-refractivity contribution is 6.30. The molecule has 1 N–H and O–H groups in total. The average molecular weight is 477 g/mol. The predicted octanol–water partition coefficient (Wildman–Crippen LogP) is 5.56. The summed E-state index contributed by atoms with van der Waals surface area (Å²) in [5, 5.41) is 3.23. The third-order valence-electron chi connectivity index (χ3n) is 5.45. The first-order valence-corrected chi connectivity index (χ1v) is 11.3. The Balaban J connectivity index is 1.74. The van der Waals surface area contributed by atoms with Gasteiger partial charge in [-0.15, -0.1) is 0 Å². The summed E-state index contributed by atoms with van der Waals surface area (Å²) in [6, 6.07) is 18.2. The molecule has 0 saturated heterocycles. The highest BCUT2D eigenvalue weighted by Gasteiger charge is 2.34. The molecule has 8 heteroatoms. The van der Waals surface area contributed by atoms with Gasteiger partial charge in [-0.1, -0.05) is 49.7 Å². The first kappa shape index (κ1) is 23.4. The van der Waals surface area contributed by atoms with E-state index in [9.17, 15) is 9.59 Å². The maximum atomic E-state index is 13.3. The largest absolute Gasteiger partial charge is 0.414 e. The smallest absolute Gasteiger partial charge is 0.414 e. The van der Waals surface area contributed by atoms with Gasteiger partial charge >= 0.3 is 6.09 Å². The zero-order valence-electron chi connectivity index (χ0n) is 19.4. The topological polar surface area (TPSA) is 83.9 Å². The van der Waals surface area contributed by atoms with Gasteiger partial charge in [0.2, 0.25) is 0 Å². The lowest BCUT2D eigenvalue weighted by Gasteiger charge is -2.20. The maximum absolute atomic E-state index is 13.3. The summed E-state index contributed by atoms with van der Waals surface area (Å²) in [6.45, 7) is 5.98. The Hall–Kier alpha value is -3.71. The van der Waals surface area contributed by atoms with Crippen LogP contribution in [0.2, 0.25) is 5.02 Å². The standard InChI is InChI=1S/C26H25ClN4O3/c1-15(2)21-13-12-20-22(17-8-10-18(27)11-9-17)30-24(25(32)31(4)23(20)29-21)34-26(33)28-19-7-5-6-16(3)14-19/h5-15,24H,1-4H3,(H,28,33). The van der Waals surface area contributed by atoms with Gasteiger partial charge < -0.3 is 4.74 Å². The number of aromatic nitrogens is 1. The quantitative estimate of drug-likeness (QED) is 0.534. The minimum Gasteiger partial charge on any atom is -0.414 e. The molecule has 0 spiro atoms. The van der Waals surface area contributed by atoms with Crippen molar-refractivity contribution in [2.75, 3.05) is 17.3 Å². The fourth-order valence-electron chi connectivity index (χ4n) is 3.62. The highest BCUT2D eigenvalue weighted by atomic mass is 35.5. The SMILES string of the molecule is Cc1cccc(NC(=O)OC2N=C(c3ccc(Cl)cc3)c3ccc(C(C)C)nc3N(C)C2=O)c1. The van der Waals surface area contributed by atoms with Crippen LogP contribution in [0.5, 0.6) is 0 Å². The number of rotatable bonds is 4. The number of hydrogen-bond acceptors (Lipinski definition) is 5. The molecule has 0 radical (unpaired) electrons. The molecule has 3 aromatic rings. The highest BCUT2D eigenvalue weighted by Crippen LogP contribution is 2.29. The predicted molar refractivity (Wildman–Crippen MR) is 134 cm³/mol. The van der Waals surface area contributed by atoms with E-state index < -0.39 is 18.2 Å². The van der Waals surface area contributed by atoms with Crippen LogP contribution in [0, 0.1) is 6.92 Å². The third kappa shape index (κ3) is 4.94. The minimum absolute atomic E-state index is 0.167. The van der Waals surface area contributed by atoms with Gasteiger partial charge in [0.05, 0.1) is 5.71 Å². The van der Waals surface area contributed by atoms with E-state index in [-0.39, 0.29) is 5.92 Å². The minimum atomic E-state index is -1.39. The van der Waals surface area contributed by atoms with Crippen molar-refractivity contribution < 1.29 is 14.3 Å². The third-order valence-corrected chi connectivity index (χ3v) is 5.70. The summed E-state index contributed by atoms with van der Waals surface area (Å²) in [7, 11) is 1.60. The number of likely N-dealkylation sites (N-methyl/N-ethyl adjacent to an activating group) is 1. The fraction of sp³-hybridized carbons (Fsp3) is 0.231. The van der Waals surface area contributed by atoms with E-state index in [0.29, 0.717) is 27.8 Å².